The van der Waals surface area contributed by atoms with Gasteiger partial charge in [-0.2, -0.15) is 10.3 Å². The van der Waals surface area contributed by atoms with Crippen LogP contribution in [0.25, 0.3) is 11.4 Å². The van der Waals surface area contributed by atoms with Gasteiger partial charge in [0.1, 0.15) is 5.69 Å². The molecule has 0 spiro atoms. The molecule has 3 heterocycles. The van der Waals surface area contributed by atoms with E-state index in [0.29, 0.717) is 24.1 Å². The number of benzene rings is 1. The maximum Gasteiger partial charge on any atom is 0.272 e. The van der Waals surface area contributed by atoms with E-state index in [2.05, 4.69) is 36.4 Å². The summed E-state index contributed by atoms with van der Waals surface area (Å²) in [5.41, 5.74) is 2.30. The monoisotopic (exact) mass is 352 g/mol. The molecule has 0 aliphatic carbocycles. The predicted octanol–water partition coefficient (Wildman–Crippen LogP) is 0.918. The molecule has 3 N–H and O–H groups in total. The number of aromatic nitrogens is 6. The number of aromatic amines is 1. The molecule has 1 unspecified atom stereocenters. The van der Waals surface area contributed by atoms with Gasteiger partial charge in [0.15, 0.2) is 0 Å². The third-order valence-corrected chi connectivity index (χ3v) is 4.50. The van der Waals surface area contributed by atoms with Crippen molar-refractivity contribution in [2.45, 2.75) is 25.4 Å². The topological polar surface area (TPSA) is 113 Å². The van der Waals surface area contributed by atoms with Crippen molar-refractivity contribution in [1.82, 2.24) is 41.0 Å². The van der Waals surface area contributed by atoms with Crippen LogP contribution >= 0.6 is 0 Å². The Morgan fingerprint density at radius 2 is 2.15 bits per heavy atom. The number of piperidine rings is 1. The van der Waals surface area contributed by atoms with Crippen LogP contribution in [0.4, 0.5) is 0 Å². The highest BCUT2D eigenvalue weighted by atomic mass is 16.1. The number of nitrogens with zero attached hydrogens (tertiary/aromatic N) is 5. The summed E-state index contributed by atoms with van der Waals surface area (Å²) in [6, 6.07) is 9.75. The highest BCUT2D eigenvalue weighted by Gasteiger charge is 2.17. The smallest absolute Gasteiger partial charge is 0.272 e. The van der Waals surface area contributed by atoms with Gasteiger partial charge in [0.25, 0.3) is 5.91 Å². The molecule has 26 heavy (non-hydrogen) atoms. The summed E-state index contributed by atoms with van der Waals surface area (Å²) in [7, 11) is 0. The lowest BCUT2D eigenvalue weighted by molar-refractivity contribution is 0.0944. The van der Waals surface area contributed by atoms with Crippen molar-refractivity contribution in [3.8, 4) is 11.4 Å². The first-order chi connectivity index (χ1) is 12.8. The van der Waals surface area contributed by atoms with E-state index < -0.39 is 0 Å². The molecule has 3 aromatic rings. The molecule has 1 atom stereocenters. The Kier molecular flexibility index (Phi) is 4.69. The standard InChI is InChI=1S/C17H20N8O/c26-17(15-7-9-25(22-15)14-2-1-8-18-11-14)19-10-12-3-5-13(6-4-12)16-20-23-24-21-16/h3-7,9,14,18H,1-2,8,10-11H2,(H,19,26)(H,20,21,23,24). The lowest BCUT2D eigenvalue weighted by Crippen LogP contribution is -2.32. The number of amides is 1. The van der Waals surface area contributed by atoms with E-state index >= 15 is 0 Å². The Morgan fingerprint density at radius 1 is 1.27 bits per heavy atom. The molecule has 0 bridgehead atoms. The van der Waals surface area contributed by atoms with Gasteiger partial charge in [-0.05, 0) is 36.2 Å². The van der Waals surface area contributed by atoms with E-state index in [9.17, 15) is 4.79 Å². The van der Waals surface area contributed by atoms with Crippen LogP contribution in [-0.4, -0.2) is 49.4 Å². The first-order valence-electron chi connectivity index (χ1n) is 8.66. The van der Waals surface area contributed by atoms with Crippen molar-refractivity contribution in [2.75, 3.05) is 13.1 Å². The van der Waals surface area contributed by atoms with Crippen LogP contribution in [0, 0.1) is 0 Å². The Balaban J connectivity index is 1.34. The van der Waals surface area contributed by atoms with E-state index in [1.54, 1.807) is 6.07 Å². The molecule has 134 valence electrons. The van der Waals surface area contributed by atoms with Crippen molar-refractivity contribution < 1.29 is 4.79 Å². The van der Waals surface area contributed by atoms with Crippen LogP contribution < -0.4 is 10.6 Å². The molecular formula is C17H20N8O. The Morgan fingerprint density at radius 3 is 2.88 bits per heavy atom. The van der Waals surface area contributed by atoms with Gasteiger partial charge >= 0.3 is 0 Å². The van der Waals surface area contributed by atoms with Crippen LogP contribution in [0.1, 0.15) is 34.9 Å². The van der Waals surface area contributed by atoms with Crippen molar-refractivity contribution in [2.24, 2.45) is 0 Å². The summed E-state index contributed by atoms with van der Waals surface area (Å²) in [4.78, 5) is 12.3. The SMILES string of the molecule is O=C(NCc1ccc(-c2nn[nH]n2)cc1)c1ccn(C2CCCNC2)n1. The van der Waals surface area contributed by atoms with Crippen molar-refractivity contribution in [3.63, 3.8) is 0 Å². The quantitative estimate of drug-likeness (QED) is 0.629. The van der Waals surface area contributed by atoms with Gasteiger partial charge in [0, 0.05) is 24.8 Å². The summed E-state index contributed by atoms with van der Waals surface area (Å²) in [6.45, 7) is 2.38. The normalized spacial score (nSPS) is 17.2. The molecule has 1 fully saturated rings. The van der Waals surface area contributed by atoms with Crippen LogP contribution in [0.3, 0.4) is 0 Å². The molecule has 1 amide bonds. The summed E-state index contributed by atoms with van der Waals surface area (Å²) in [6.07, 6.45) is 4.10. The van der Waals surface area contributed by atoms with Gasteiger partial charge < -0.3 is 10.6 Å². The third-order valence-electron chi connectivity index (χ3n) is 4.50. The fourth-order valence-electron chi connectivity index (χ4n) is 3.05. The number of carbonyl (C=O) groups is 1. The second-order valence-electron chi connectivity index (χ2n) is 6.30. The van der Waals surface area contributed by atoms with Gasteiger partial charge in [0.05, 0.1) is 6.04 Å². The lowest BCUT2D eigenvalue weighted by Gasteiger charge is -2.22. The van der Waals surface area contributed by atoms with Gasteiger partial charge in [-0.25, -0.2) is 0 Å². The van der Waals surface area contributed by atoms with Crippen LogP contribution in [-0.2, 0) is 6.54 Å². The highest BCUT2D eigenvalue weighted by molar-refractivity contribution is 5.92. The van der Waals surface area contributed by atoms with E-state index in [-0.39, 0.29) is 5.91 Å². The largest absolute Gasteiger partial charge is 0.347 e. The highest BCUT2D eigenvalue weighted by Crippen LogP contribution is 2.16. The van der Waals surface area contributed by atoms with Crippen molar-refractivity contribution >= 4 is 5.91 Å². The van der Waals surface area contributed by atoms with Crippen molar-refractivity contribution in [1.29, 1.82) is 0 Å². The predicted molar refractivity (Wildman–Crippen MR) is 94.2 cm³/mol. The van der Waals surface area contributed by atoms with E-state index in [0.717, 1.165) is 37.1 Å². The summed E-state index contributed by atoms with van der Waals surface area (Å²) in [5.74, 6) is 0.373. The molecule has 1 aromatic carbocycles. The molecule has 4 rings (SSSR count). The van der Waals surface area contributed by atoms with Gasteiger partial charge in [-0.15, -0.1) is 10.2 Å². The average molecular weight is 352 g/mol. The zero-order valence-corrected chi connectivity index (χ0v) is 14.2. The number of carbonyl (C=O) groups excluding carboxylic acids is 1. The zero-order valence-electron chi connectivity index (χ0n) is 14.2. The first kappa shape index (κ1) is 16.4. The maximum absolute atomic E-state index is 12.3. The van der Waals surface area contributed by atoms with Gasteiger partial charge in [-0.1, -0.05) is 24.3 Å². The summed E-state index contributed by atoms with van der Waals surface area (Å²) in [5, 5.41) is 24.5. The number of nitrogens with one attached hydrogen (secondary N) is 3. The third kappa shape index (κ3) is 3.62. The Labute approximate surface area is 150 Å². The molecule has 9 heteroatoms. The molecule has 1 aliphatic rings. The van der Waals surface area contributed by atoms with Gasteiger partial charge in [0.2, 0.25) is 5.82 Å². The first-order valence-corrected chi connectivity index (χ1v) is 8.66. The van der Waals surface area contributed by atoms with Crippen LogP contribution in [0.5, 0.6) is 0 Å². The molecular weight excluding hydrogens is 332 g/mol. The number of tetrazole rings is 1. The maximum atomic E-state index is 12.3. The molecule has 2 aromatic heterocycles. The molecule has 1 saturated heterocycles. The minimum atomic E-state index is -0.172. The molecule has 1 aliphatic heterocycles. The zero-order chi connectivity index (χ0) is 17.8. The lowest BCUT2D eigenvalue weighted by atomic mass is 10.1. The minimum Gasteiger partial charge on any atom is -0.347 e. The molecule has 0 saturated carbocycles. The van der Waals surface area contributed by atoms with Gasteiger partial charge in [-0.3, -0.25) is 9.48 Å². The van der Waals surface area contributed by atoms with E-state index in [1.165, 1.54) is 0 Å². The Bertz CT molecular complexity index is 849. The van der Waals surface area contributed by atoms with E-state index in [4.69, 9.17) is 0 Å². The minimum absolute atomic E-state index is 0.172. The number of hydrogen-bond donors (Lipinski definition) is 3. The second-order valence-corrected chi connectivity index (χ2v) is 6.30. The van der Waals surface area contributed by atoms with Crippen molar-refractivity contribution in [3.05, 3.63) is 47.8 Å². The second kappa shape index (κ2) is 7.44. The average Bonchev–Trinajstić information content (AvgIpc) is 3.39. The fraction of sp³-hybridized carbons (Fsp3) is 0.353. The summed E-state index contributed by atoms with van der Waals surface area (Å²) >= 11 is 0. The molecule has 0 radical (unpaired) electrons. The number of H-pyrrole nitrogens is 1. The summed E-state index contributed by atoms with van der Waals surface area (Å²) < 4.78 is 1.89. The fourth-order valence-corrected chi connectivity index (χ4v) is 3.05. The van der Waals surface area contributed by atoms with E-state index in [1.807, 2.05) is 35.1 Å². The number of hydrogen-bond acceptors (Lipinski definition) is 6. The number of rotatable bonds is 5. The Hall–Kier alpha value is -3.07. The molecule has 9 nitrogen and oxygen atoms in total. The van der Waals surface area contributed by atoms with Crippen LogP contribution in [0.2, 0.25) is 0 Å². The van der Waals surface area contributed by atoms with Crippen LogP contribution in [0.15, 0.2) is 36.5 Å².